The summed E-state index contributed by atoms with van der Waals surface area (Å²) in [6, 6.07) is 0. The minimum Gasteiger partial charge on any atom is -0.465 e. The summed E-state index contributed by atoms with van der Waals surface area (Å²) in [5.74, 6) is -0.0661. The van der Waals surface area contributed by atoms with Crippen molar-refractivity contribution in [2.24, 2.45) is 7.05 Å². The molecule has 0 aromatic carbocycles. The van der Waals surface area contributed by atoms with E-state index in [1.54, 1.807) is 7.05 Å². The van der Waals surface area contributed by atoms with Gasteiger partial charge in [-0.1, -0.05) is 11.6 Å². The lowest BCUT2D eigenvalue weighted by molar-refractivity contribution is 0.209. The highest BCUT2D eigenvalue weighted by molar-refractivity contribution is 6.34. The van der Waals surface area contributed by atoms with Gasteiger partial charge in [-0.25, -0.2) is 4.79 Å². The van der Waals surface area contributed by atoms with Gasteiger partial charge in [-0.2, -0.15) is 15.1 Å². The predicted molar refractivity (Wildman–Crippen MR) is 53.0 cm³/mol. The summed E-state index contributed by atoms with van der Waals surface area (Å²) in [6.07, 6.45) is 0.273. The molecule has 2 aromatic heterocycles. The monoisotopic (exact) mass is 227 g/mol. The zero-order valence-corrected chi connectivity index (χ0v) is 8.36. The molecule has 2 aromatic rings. The third-order valence-electron chi connectivity index (χ3n) is 1.76. The zero-order chi connectivity index (χ0) is 11.0. The van der Waals surface area contributed by atoms with Crippen LogP contribution in [0, 0.1) is 0 Å². The molecule has 0 saturated heterocycles. The molecule has 0 atom stereocenters. The van der Waals surface area contributed by atoms with E-state index in [2.05, 4.69) is 15.1 Å². The highest BCUT2D eigenvalue weighted by Gasteiger charge is 2.10. The van der Waals surface area contributed by atoms with E-state index in [9.17, 15) is 4.79 Å². The average molecular weight is 228 g/mol. The van der Waals surface area contributed by atoms with Crippen LogP contribution in [0.5, 0.6) is 0 Å². The first-order valence-electron chi connectivity index (χ1n) is 3.93. The van der Waals surface area contributed by atoms with Gasteiger partial charge in [0, 0.05) is 7.05 Å². The number of hydrogen-bond acceptors (Lipinski definition) is 4. The topological polar surface area (TPSA) is 92.9 Å². The minimum absolute atomic E-state index is 0.0661. The standard InChI is InChI=1S/C7H6ClN5O2/c1-13-5-3(2-9-13)4(8)10-6(11-5)12-7(14)15/h2H,1H3,(H,14,15)(H,10,11,12). The molecule has 2 heterocycles. The van der Waals surface area contributed by atoms with Gasteiger partial charge in [0.15, 0.2) is 5.65 Å². The number of amides is 1. The molecule has 0 radical (unpaired) electrons. The molecular formula is C7H6ClN5O2. The van der Waals surface area contributed by atoms with E-state index in [0.29, 0.717) is 11.0 Å². The number of fused-ring (bicyclic) bond motifs is 1. The molecule has 0 aliphatic rings. The lowest BCUT2D eigenvalue weighted by atomic mass is 10.4. The molecule has 0 bridgehead atoms. The lowest BCUT2D eigenvalue weighted by Gasteiger charge is -2.00. The van der Waals surface area contributed by atoms with Crippen LogP contribution in [0.2, 0.25) is 5.15 Å². The summed E-state index contributed by atoms with van der Waals surface area (Å²) in [7, 11) is 1.68. The molecule has 7 nitrogen and oxygen atoms in total. The first kappa shape index (κ1) is 9.66. The van der Waals surface area contributed by atoms with Crippen molar-refractivity contribution in [3.63, 3.8) is 0 Å². The van der Waals surface area contributed by atoms with Crippen LogP contribution in [0.25, 0.3) is 11.0 Å². The summed E-state index contributed by atoms with van der Waals surface area (Å²) >= 11 is 5.82. The van der Waals surface area contributed by atoms with Crippen molar-refractivity contribution < 1.29 is 9.90 Å². The first-order chi connectivity index (χ1) is 7.08. The van der Waals surface area contributed by atoms with E-state index in [1.165, 1.54) is 10.9 Å². The number of aromatic nitrogens is 4. The number of aryl methyl sites for hydroxylation is 1. The third kappa shape index (κ3) is 1.68. The van der Waals surface area contributed by atoms with Crippen LogP contribution in [-0.4, -0.2) is 30.9 Å². The van der Waals surface area contributed by atoms with Gasteiger partial charge in [0.25, 0.3) is 0 Å². The molecule has 2 N–H and O–H groups in total. The molecule has 15 heavy (non-hydrogen) atoms. The van der Waals surface area contributed by atoms with Crippen molar-refractivity contribution in [2.45, 2.75) is 0 Å². The highest BCUT2D eigenvalue weighted by atomic mass is 35.5. The van der Waals surface area contributed by atoms with Gasteiger partial charge in [0.05, 0.1) is 11.6 Å². The van der Waals surface area contributed by atoms with Gasteiger partial charge >= 0.3 is 6.09 Å². The van der Waals surface area contributed by atoms with Crippen LogP contribution < -0.4 is 5.32 Å². The molecule has 0 unspecified atom stereocenters. The lowest BCUT2D eigenvalue weighted by Crippen LogP contribution is -2.11. The molecule has 8 heteroatoms. The second-order valence-electron chi connectivity index (χ2n) is 2.77. The largest absolute Gasteiger partial charge is 0.465 e. The number of anilines is 1. The van der Waals surface area contributed by atoms with Crippen LogP contribution in [0.1, 0.15) is 0 Å². The zero-order valence-electron chi connectivity index (χ0n) is 7.60. The quantitative estimate of drug-likeness (QED) is 0.712. The van der Waals surface area contributed by atoms with Crippen LogP contribution in [-0.2, 0) is 7.05 Å². The molecule has 0 aliphatic heterocycles. The van der Waals surface area contributed by atoms with Gasteiger partial charge in [-0.3, -0.25) is 10.00 Å². The first-order valence-corrected chi connectivity index (χ1v) is 4.31. The Labute approximate surface area is 88.7 Å². The second-order valence-corrected chi connectivity index (χ2v) is 3.13. The van der Waals surface area contributed by atoms with Crippen molar-refractivity contribution in [3.05, 3.63) is 11.3 Å². The van der Waals surface area contributed by atoms with E-state index in [-0.39, 0.29) is 11.1 Å². The summed E-state index contributed by atoms with van der Waals surface area (Å²) < 4.78 is 1.48. The Kier molecular flexibility index (Phi) is 2.16. The fourth-order valence-electron chi connectivity index (χ4n) is 1.14. The Bertz CT molecular complexity index is 537. The number of hydrogen-bond donors (Lipinski definition) is 2. The number of halogens is 1. The second kappa shape index (κ2) is 3.35. The molecule has 0 spiro atoms. The Balaban J connectivity index is 2.59. The minimum atomic E-state index is -1.24. The average Bonchev–Trinajstić information content (AvgIpc) is 2.47. The van der Waals surface area contributed by atoms with Crippen molar-refractivity contribution in [1.29, 1.82) is 0 Å². The summed E-state index contributed by atoms with van der Waals surface area (Å²) in [5, 5.41) is 15.2. The summed E-state index contributed by atoms with van der Waals surface area (Å²) in [6.45, 7) is 0. The van der Waals surface area contributed by atoms with Gasteiger partial charge in [0.1, 0.15) is 5.15 Å². The molecule has 78 valence electrons. The number of rotatable bonds is 1. The number of carbonyl (C=O) groups is 1. The van der Waals surface area contributed by atoms with E-state index in [1.807, 2.05) is 5.32 Å². The van der Waals surface area contributed by atoms with Gasteiger partial charge in [-0.05, 0) is 0 Å². The van der Waals surface area contributed by atoms with E-state index < -0.39 is 6.09 Å². The summed E-state index contributed by atoms with van der Waals surface area (Å²) in [5.41, 5.74) is 0.471. The maximum Gasteiger partial charge on any atom is 0.411 e. The highest BCUT2D eigenvalue weighted by Crippen LogP contribution is 2.20. The Hall–Kier alpha value is -1.89. The van der Waals surface area contributed by atoms with Gasteiger partial charge in [0.2, 0.25) is 5.95 Å². The van der Waals surface area contributed by atoms with Crippen LogP contribution in [0.15, 0.2) is 6.20 Å². The van der Waals surface area contributed by atoms with Crippen LogP contribution >= 0.6 is 11.6 Å². The number of nitrogens with one attached hydrogen (secondary N) is 1. The molecular weight excluding hydrogens is 222 g/mol. The maximum atomic E-state index is 10.4. The molecule has 0 saturated carbocycles. The fraction of sp³-hybridized carbons (Fsp3) is 0.143. The van der Waals surface area contributed by atoms with E-state index in [0.717, 1.165) is 0 Å². The molecule has 0 aliphatic carbocycles. The number of carboxylic acid groups (broad SMARTS) is 1. The van der Waals surface area contributed by atoms with Crippen molar-refractivity contribution in [3.8, 4) is 0 Å². The molecule has 1 amide bonds. The van der Waals surface area contributed by atoms with Crippen LogP contribution in [0.4, 0.5) is 10.7 Å². The Morgan fingerprint density at radius 1 is 1.60 bits per heavy atom. The van der Waals surface area contributed by atoms with E-state index >= 15 is 0 Å². The van der Waals surface area contributed by atoms with Crippen LogP contribution in [0.3, 0.4) is 0 Å². The maximum absolute atomic E-state index is 10.4. The third-order valence-corrected chi connectivity index (χ3v) is 2.05. The SMILES string of the molecule is Cn1ncc2c(Cl)nc(NC(=O)O)nc21. The number of nitrogens with zero attached hydrogens (tertiary/aromatic N) is 4. The molecule has 0 fully saturated rings. The van der Waals surface area contributed by atoms with Crippen molar-refractivity contribution in [1.82, 2.24) is 19.7 Å². The fourth-order valence-corrected chi connectivity index (χ4v) is 1.35. The Morgan fingerprint density at radius 3 is 3.00 bits per heavy atom. The Morgan fingerprint density at radius 2 is 2.33 bits per heavy atom. The van der Waals surface area contributed by atoms with Crippen molar-refractivity contribution >= 4 is 34.7 Å². The van der Waals surface area contributed by atoms with E-state index in [4.69, 9.17) is 16.7 Å². The smallest absolute Gasteiger partial charge is 0.411 e. The van der Waals surface area contributed by atoms with Gasteiger partial charge < -0.3 is 5.11 Å². The van der Waals surface area contributed by atoms with Gasteiger partial charge in [-0.15, -0.1) is 0 Å². The predicted octanol–water partition coefficient (Wildman–Crippen LogP) is 1.11. The summed E-state index contributed by atoms with van der Waals surface area (Å²) in [4.78, 5) is 18.1. The molecule has 2 rings (SSSR count). The normalized spacial score (nSPS) is 10.5. The van der Waals surface area contributed by atoms with Crippen molar-refractivity contribution in [2.75, 3.05) is 5.32 Å².